The number of hydrogen-bond donors (Lipinski definition) is 1. The van der Waals surface area contributed by atoms with Crippen LogP contribution in [0.2, 0.25) is 0 Å². The number of anilines is 1. The van der Waals surface area contributed by atoms with E-state index >= 15 is 0 Å². The lowest BCUT2D eigenvalue weighted by Gasteiger charge is -2.38. The van der Waals surface area contributed by atoms with E-state index in [0.717, 1.165) is 23.5 Å². The summed E-state index contributed by atoms with van der Waals surface area (Å²) >= 11 is 0. The van der Waals surface area contributed by atoms with E-state index in [1.165, 1.54) is 22.9 Å². The van der Waals surface area contributed by atoms with E-state index in [9.17, 15) is 18.0 Å². The summed E-state index contributed by atoms with van der Waals surface area (Å²) in [5, 5.41) is 11.0. The number of aromatic nitrogens is 6. The molecular weight excluding hydrogens is 437 g/mol. The van der Waals surface area contributed by atoms with Gasteiger partial charge in [-0.2, -0.15) is 0 Å². The van der Waals surface area contributed by atoms with Crippen molar-refractivity contribution in [1.29, 1.82) is 0 Å². The quantitative estimate of drug-likeness (QED) is 0.494. The second kappa shape index (κ2) is 7.80. The van der Waals surface area contributed by atoms with Crippen molar-refractivity contribution >= 4 is 23.0 Å². The first-order valence-corrected chi connectivity index (χ1v) is 10.4. The highest BCUT2D eigenvalue weighted by Crippen LogP contribution is 2.32. The van der Waals surface area contributed by atoms with Gasteiger partial charge in [-0.3, -0.25) is 4.79 Å². The summed E-state index contributed by atoms with van der Waals surface area (Å²) < 4.78 is 44.4. The minimum atomic E-state index is -2.81. The second-order valence-corrected chi connectivity index (χ2v) is 8.47. The van der Waals surface area contributed by atoms with Gasteiger partial charge in [0, 0.05) is 23.7 Å². The molecule has 0 saturated heterocycles. The van der Waals surface area contributed by atoms with Crippen molar-refractivity contribution in [2.24, 2.45) is 5.92 Å². The van der Waals surface area contributed by atoms with Crippen LogP contribution in [0.25, 0.3) is 22.6 Å². The number of amides is 1. The molecule has 1 N–H and O–H groups in total. The highest BCUT2D eigenvalue weighted by atomic mass is 19.3. The number of imidazole rings is 1. The molecule has 0 aliphatic heterocycles. The topological polar surface area (TPSA) is 92.7 Å². The molecule has 9 nitrogen and oxygen atoms in total. The minimum absolute atomic E-state index is 0.000545. The average Bonchev–Trinajstić information content (AvgIpc) is 3.27. The van der Waals surface area contributed by atoms with E-state index < -0.39 is 12.2 Å². The lowest BCUT2D eigenvalue weighted by molar-refractivity contribution is -0.124. The fourth-order valence-electron chi connectivity index (χ4n) is 4.01. The van der Waals surface area contributed by atoms with Crippen molar-refractivity contribution in [3.63, 3.8) is 0 Å². The Balaban J connectivity index is 1.46. The molecule has 172 valence electrons. The van der Waals surface area contributed by atoms with E-state index in [0.29, 0.717) is 11.9 Å². The number of fused-ring (bicyclic) bond motifs is 2. The maximum Gasteiger partial charge on any atom is 0.267 e. The van der Waals surface area contributed by atoms with Crippen LogP contribution in [0.15, 0.2) is 24.5 Å². The SMILES string of the molecule is Cc1nc2c(C(F)F)cc(-c3cc(F)c4nc(NC(=O)C5CC(N(C)C)C5)cn4c3)nn2n1. The average molecular weight is 458 g/mol. The van der Waals surface area contributed by atoms with Crippen LogP contribution in [0.1, 0.15) is 30.7 Å². The Hall–Kier alpha value is -3.54. The van der Waals surface area contributed by atoms with Gasteiger partial charge in [-0.05, 0) is 46.0 Å². The van der Waals surface area contributed by atoms with Gasteiger partial charge in [0.1, 0.15) is 5.82 Å². The molecule has 1 fully saturated rings. The van der Waals surface area contributed by atoms with E-state index in [1.807, 2.05) is 14.1 Å². The summed E-state index contributed by atoms with van der Waals surface area (Å²) in [5.74, 6) is -0.445. The van der Waals surface area contributed by atoms with Crippen LogP contribution >= 0.6 is 0 Å². The first-order chi connectivity index (χ1) is 15.7. The molecule has 1 amide bonds. The number of rotatable bonds is 5. The van der Waals surface area contributed by atoms with Crippen LogP contribution in [0.4, 0.5) is 19.0 Å². The zero-order chi connectivity index (χ0) is 23.4. The molecule has 5 rings (SSSR count). The van der Waals surface area contributed by atoms with Gasteiger partial charge < -0.3 is 14.6 Å². The third-order valence-corrected chi connectivity index (χ3v) is 5.95. The van der Waals surface area contributed by atoms with Gasteiger partial charge in [-0.15, -0.1) is 14.8 Å². The number of pyridine rings is 1. The molecule has 33 heavy (non-hydrogen) atoms. The standard InChI is InChI=1S/C21H21F3N8O/c1-10-25-19-14(18(23)24)7-16(29-32(19)28-10)12-6-15(22)20-26-17(9-31(20)8-12)27-21(33)11-4-13(5-11)30(2)3/h6-9,11,13,18H,4-5H2,1-3H3,(H,27,33). The number of nitrogens with zero attached hydrogens (tertiary/aromatic N) is 7. The lowest BCUT2D eigenvalue weighted by Crippen LogP contribution is -2.45. The molecule has 0 spiro atoms. The molecule has 0 bridgehead atoms. The van der Waals surface area contributed by atoms with Gasteiger partial charge in [-0.25, -0.2) is 23.1 Å². The van der Waals surface area contributed by atoms with Crippen LogP contribution in [-0.2, 0) is 4.79 Å². The number of carbonyl (C=O) groups is 1. The number of alkyl halides is 2. The number of carbonyl (C=O) groups excluding carboxylic acids is 1. The van der Waals surface area contributed by atoms with Crippen molar-refractivity contribution in [3.05, 3.63) is 41.7 Å². The first kappa shape index (κ1) is 21.3. The monoisotopic (exact) mass is 458 g/mol. The molecule has 4 heterocycles. The van der Waals surface area contributed by atoms with Crippen LogP contribution < -0.4 is 5.32 Å². The summed E-state index contributed by atoms with van der Waals surface area (Å²) in [6, 6.07) is 2.71. The molecule has 0 unspecified atom stereocenters. The predicted molar refractivity (Wildman–Crippen MR) is 113 cm³/mol. The highest BCUT2D eigenvalue weighted by molar-refractivity contribution is 5.92. The fraction of sp³-hybridized carbons (Fsp3) is 0.381. The fourth-order valence-corrected chi connectivity index (χ4v) is 4.01. The zero-order valence-corrected chi connectivity index (χ0v) is 18.1. The smallest absolute Gasteiger partial charge is 0.267 e. The molecule has 0 aromatic carbocycles. The predicted octanol–water partition coefficient (Wildman–Crippen LogP) is 3.10. The third kappa shape index (κ3) is 3.80. The second-order valence-electron chi connectivity index (χ2n) is 8.47. The summed E-state index contributed by atoms with van der Waals surface area (Å²) in [4.78, 5) is 22.7. The molecule has 0 radical (unpaired) electrons. The van der Waals surface area contributed by atoms with Crippen LogP contribution in [-0.4, -0.2) is 60.1 Å². The third-order valence-electron chi connectivity index (χ3n) is 5.95. The Morgan fingerprint density at radius 2 is 1.91 bits per heavy atom. The van der Waals surface area contributed by atoms with Crippen molar-refractivity contribution in [3.8, 4) is 11.3 Å². The summed E-state index contributed by atoms with van der Waals surface area (Å²) in [7, 11) is 3.95. The summed E-state index contributed by atoms with van der Waals surface area (Å²) in [5.41, 5.74) is -0.0447. The zero-order valence-electron chi connectivity index (χ0n) is 18.1. The van der Waals surface area contributed by atoms with Gasteiger partial charge in [-0.1, -0.05) is 0 Å². The summed E-state index contributed by atoms with van der Waals surface area (Å²) in [6.07, 6.45) is 1.70. The van der Waals surface area contributed by atoms with E-state index in [2.05, 4.69) is 30.4 Å². The van der Waals surface area contributed by atoms with Crippen molar-refractivity contribution < 1.29 is 18.0 Å². The van der Waals surface area contributed by atoms with Crippen LogP contribution in [0.3, 0.4) is 0 Å². The number of aryl methyl sites for hydroxylation is 1. The maximum absolute atomic E-state index is 14.8. The number of hydrogen-bond acceptors (Lipinski definition) is 6. The Morgan fingerprint density at radius 1 is 1.15 bits per heavy atom. The first-order valence-electron chi connectivity index (χ1n) is 10.4. The largest absolute Gasteiger partial charge is 0.309 e. The Labute approximate surface area is 186 Å². The minimum Gasteiger partial charge on any atom is -0.309 e. The number of halogens is 3. The molecule has 12 heteroatoms. The van der Waals surface area contributed by atoms with Crippen LogP contribution in [0, 0.1) is 18.7 Å². The molecule has 1 aliphatic rings. The molecule has 1 aliphatic carbocycles. The maximum atomic E-state index is 14.8. The van der Waals surface area contributed by atoms with E-state index in [4.69, 9.17) is 0 Å². The van der Waals surface area contributed by atoms with Crippen molar-refractivity contribution in [1.82, 2.24) is 34.1 Å². The van der Waals surface area contributed by atoms with Crippen LogP contribution in [0.5, 0.6) is 0 Å². The Morgan fingerprint density at radius 3 is 2.61 bits per heavy atom. The normalized spacial score (nSPS) is 18.4. The van der Waals surface area contributed by atoms with Gasteiger partial charge in [0.15, 0.2) is 22.9 Å². The highest BCUT2D eigenvalue weighted by Gasteiger charge is 2.35. The lowest BCUT2D eigenvalue weighted by atomic mass is 9.79. The number of nitrogens with one attached hydrogen (secondary N) is 1. The molecule has 4 aromatic heterocycles. The molecular formula is C21H21F3N8O. The van der Waals surface area contributed by atoms with Crippen molar-refractivity contribution in [2.75, 3.05) is 19.4 Å². The molecule has 0 atom stereocenters. The molecule has 1 saturated carbocycles. The molecule has 4 aromatic rings. The van der Waals surface area contributed by atoms with Gasteiger partial charge in [0.2, 0.25) is 5.91 Å². The van der Waals surface area contributed by atoms with Gasteiger partial charge in [0.05, 0.1) is 17.5 Å². The van der Waals surface area contributed by atoms with E-state index in [1.54, 1.807) is 6.92 Å². The van der Waals surface area contributed by atoms with E-state index in [-0.39, 0.29) is 45.8 Å². The van der Waals surface area contributed by atoms with Gasteiger partial charge >= 0.3 is 0 Å². The van der Waals surface area contributed by atoms with Gasteiger partial charge in [0.25, 0.3) is 6.43 Å². The Bertz CT molecular complexity index is 1370. The Kier molecular flexibility index (Phi) is 5.04. The van der Waals surface area contributed by atoms with Crippen molar-refractivity contribution in [2.45, 2.75) is 32.2 Å². The summed E-state index contributed by atoms with van der Waals surface area (Å²) in [6.45, 7) is 1.57.